The predicted molar refractivity (Wildman–Crippen MR) is 153 cm³/mol. The maximum absolute atomic E-state index is 13.8. The number of rotatable bonds is 8. The molecule has 2 heterocycles. The predicted octanol–water partition coefficient (Wildman–Crippen LogP) is 6.72. The van der Waals surface area contributed by atoms with Crippen LogP contribution in [0.15, 0.2) is 89.2 Å². The summed E-state index contributed by atoms with van der Waals surface area (Å²) in [5, 5.41) is 12.5. The monoisotopic (exact) mass is 545 g/mol. The Labute approximate surface area is 231 Å². The number of benzene rings is 3. The van der Waals surface area contributed by atoms with E-state index in [-0.39, 0.29) is 5.91 Å². The third-order valence-electron chi connectivity index (χ3n) is 6.45. The standard InChI is InChI=1S/C29H28ClN5O2S/c1-4-19-13-15-20(16-14-19)26-25(27(36)32-23-11-7-8-12-24(23)37-3)18(2)31-28-33-29(34-35(26)28)38-17-21-9-5-6-10-22(21)30/h5-16,26H,4,17H2,1-3H3,(H,32,36)(H,31,33,34). The van der Waals surface area contributed by atoms with E-state index < -0.39 is 6.04 Å². The van der Waals surface area contributed by atoms with Crippen LogP contribution in [0.3, 0.4) is 0 Å². The van der Waals surface area contributed by atoms with Crippen molar-refractivity contribution >= 4 is 40.9 Å². The van der Waals surface area contributed by atoms with E-state index in [2.05, 4.69) is 41.8 Å². The summed E-state index contributed by atoms with van der Waals surface area (Å²) in [7, 11) is 1.58. The summed E-state index contributed by atoms with van der Waals surface area (Å²) < 4.78 is 7.23. The van der Waals surface area contributed by atoms with E-state index in [0.29, 0.717) is 44.6 Å². The molecule has 9 heteroatoms. The molecule has 1 unspecified atom stereocenters. The van der Waals surface area contributed by atoms with Gasteiger partial charge in [-0.1, -0.05) is 84.9 Å². The molecule has 0 saturated carbocycles. The summed E-state index contributed by atoms with van der Waals surface area (Å²) in [4.78, 5) is 18.5. The van der Waals surface area contributed by atoms with Gasteiger partial charge in [-0.25, -0.2) is 4.68 Å². The Kier molecular flexibility index (Phi) is 7.72. The summed E-state index contributed by atoms with van der Waals surface area (Å²) in [5.41, 5.74) is 5.04. The zero-order valence-corrected chi connectivity index (χ0v) is 22.9. The zero-order valence-electron chi connectivity index (χ0n) is 21.4. The average molecular weight is 546 g/mol. The normalized spacial score (nSPS) is 14.6. The Morgan fingerprint density at radius 2 is 1.84 bits per heavy atom. The van der Waals surface area contributed by atoms with Crippen LogP contribution in [0.25, 0.3) is 0 Å². The van der Waals surface area contributed by atoms with Gasteiger partial charge >= 0.3 is 0 Å². The Bertz CT molecular complexity index is 1500. The minimum atomic E-state index is -0.464. The van der Waals surface area contributed by atoms with E-state index in [1.165, 1.54) is 17.3 Å². The van der Waals surface area contributed by atoms with Crippen LogP contribution in [0.1, 0.15) is 36.6 Å². The topological polar surface area (TPSA) is 81.1 Å². The third kappa shape index (κ3) is 5.28. The minimum absolute atomic E-state index is 0.240. The number of aryl methyl sites for hydroxylation is 1. The number of fused-ring (bicyclic) bond motifs is 1. The second kappa shape index (κ2) is 11.3. The molecule has 0 fully saturated rings. The number of amides is 1. The second-order valence-electron chi connectivity index (χ2n) is 8.86. The number of methoxy groups -OCH3 is 1. The lowest BCUT2D eigenvalue weighted by molar-refractivity contribution is -0.113. The molecule has 7 nitrogen and oxygen atoms in total. The molecule has 38 heavy (non-hydrogen) atoms. The van der Waals surface area contributed by atoms with Gasteiger partial charge in [0.15, 0.2) is 0 Å². The lowest BCUT2D eigenvalue weighted by atomic mass is 9.94. The Balaban J connectivity index is 1.50. The Hall–Kier alpha value is -3.75. The third-order valence-corrected chi connectivity index (χ3v) is 7.71. The smallest absolute Gasteiger partial charge is 0.255 e. The van der Waals surface area contributed by atoms with Crippen LogP contribution in [-0.2, 0) is 17.0 Å². The summed E-state index contributed by atoms with van der Waals surface area (Å²) in [5.74, 6) is 1.57. The van der Waals surface area contributed by atoms with Crippen molar-refractivity contribution in [3.63, 3.8) is 0 Å². The molecule has 1 amide bonds. The van der Waals surface area contributed by atoms with E-state index in [0.717, 1.165) is 17.5 Å². The Morgan fingerprint density at radius 1 is 1.11 bits per heavy atom. The molecule has 1 atom stereocenters. The summed E-state index contributed by atoms with van der Waals surface area (Å²) in [6, 6.07) is 22.9. The first-order chi connectivity index (χ1) is 18.5. The van der Waals surface area contributed by atoms with E-state index in [1.54, 1.807) is 11.8 Å². The number of allylic oxidation sites excluding steroid dienone is 1. The first-order valence-corrected chi connectivity index (χ1v) is 13.7. The molecule has 3 aromatic carbocycles. The molecule has 194 valence electrons. The molecule has 0 aliphatic carbocycles. The first-order valence-electron chi connectivity index (χ1n) is 12.3. The van der Waals surface area contributed by atoms with Crippen LogP contribution < -0.4 is 15.4 Å². The fourth-order valence-corrected chi connectivity index (χ4v) is 5.54. The number of nitrogens with one attached hydrogen (secondary N) is 2. The highest BCUT2D eigenvalue weighted by molar-refractivity contribution is 7.98. The Morgan fingerprint density at radius 3 is 2.58 bits per heavy atom. The van der Waals surface area contributed by atoms with Gasteiger partial charge in [-0.05, 0) is 48.2 Å². The number of para-hydroxylation sites is 2. The maximum Gasteiger partial charge on any atom is 0.255 e. The second-order valence-corrected chi connectivity index (χ2v) is 10.2. The van der Waals surface area contributed by atoms with Crippen molar-refractivity contribution in [1.82, 2.24) is 14.8 Å². The van der Waals surface area contributed by atoms with E-state index in [1.807, 2.05) is 55.5 Å². The molecule has 0 spiro atoms. The highest BCUT2D eigenvalue weighted by Gasteiger charge is 2.34. The number of halogens is 1. The van der Waals surface area contributed by atoms with Crippen molar-refractivity contribution in [2.24, 2.45) is 0 Å². The number of anilines is 2. The molecule has 1 aliphatic heterocycles. The van der Waals surface area contributed by atoms with Crippen LogP contribution in [0.4, 0.5) is 11.6 Å². The van der Waals surface area contributed by atoms with Gasteiger partial charge in [0.25, 0.3) is 5.91 Å². The van der Waals surface area contributed by atoms with Crippen LogP contribution in [0.5, 0.6) is 5.75 Å². The quantitative estimate of drug-likeness (QED) is 0.239. The van der Waals surface area contributed by atoms with E-state index >= 15 is 0 Å². The number of hydrogen-bond acceptors (Lipinski definition) is 6. The largest absolute Gasteiger partial charge is 0.495 e. The van der Waals surface area contributed by atoms with Gasteiger partial charge in [-0.3, -0.25) is 4.79 Å². The van der Waals surface area contributed by atoms with Crippen molar-refractivity contribution in [1.29, 1.82) is 0 Å². The number of ether oxygens (including phenoxy) is 1. The van der Waals surface area contributed by atoms with Gasteiger partial charge in [-0.2, -0.15) is 4.98 Å². The molecule has 4 aromatic rings. The van der Waals surface area contributed by atoms with E-state index in [4.69, 9.17) is 26.4 Å². The van der Waals surface area contributed by atoms with Crippen molar-refractivity contribution in [2.45, 2.75) is 37.2 Å². The zero-order chi connectivity index (χ0) is 26.6. The number of aromatic nitrogens is 3. The molecule has 5 rings (SSSR count). The van der Waals surface area contributed by atoms with Gasteiger partial charge in [0.2, 0.25) is 11.1 Å². The van der Waals surface area contributed by atoms with Crippen molar-refractivity contribution in [2.75, 3.05) is 17.7 Å². The molecular formula is C29H28ClN5O2S. The fourth-order valence-electron chi connectivity index (χ4n) is 4.43. The van der Waals surface area contributed by atoms with Gasteiger partial charge in [0.05, 0.1) is 18.4 Å². The molecule has 1 aliphatic rings. The highest BCUT2D eigenvalue weighted by Crippen LogP contribution is 2.38. The maximum atomic E-state index is 13.8. The van der Waals surface area contributed by atoms with Crippen molar-refractivity contribution in [3.05, 3.63) is 106 Å². The van der Waals surface area contributed by atoms with E-state index in [9.17, 15) is 4.79 Å². The SMILES string of the molecule is CCc1ccc(C2C(C(=O)Nc3ccccc3OC)=C(C)Nc3nc(SCc4ccccc4Cl)nn32)cc1. The highest BCUT2D eigenvalue weighted by atomic mass is 35.5. The van der Waals surface area contributed by atoms with Gasteiger partial charge < -0.3 is 15.4 Å². The number of thioether (sulfide) groups is 1. The molecule has 0 bridgehead atoms. The van der Waals surface area contributed by atoms with Crippen LogP contribution in [-0.4, -0.2) is 27.8 Å². The molecular weight excluding hydrogens is 518 g/mol. The average Bonchev–Trinajstić information content (AvgIpc) is 3.34. The number of hydrogen-bond donors (Lipinski definition) is 2. The fraction of sp³-hybridized carbons (Fsp3) is 0.207. The summed E-state index contributed by atoms with van der Waals surface area (Å²) >= 11 is 7.85. The van der Waals surface area contributed by atoms with Crippen LogP contribution in [0.2, 0.25) is 5.02 Å². The van der Waals surface area contributed by atoms with Gasteiger partial charge in [0.1, 0.15) is 11.8 Å². The molecule has 1 aromatic heterocycles. The summed E-state index contributed by atoms with van der Waals surface area (Å²) in [6.07, 6.45) is 0.930. The van der Waals surface area contributed by atoms with Gasteiger partial charge in [-0.15, -0.1) is 5.10 Å². The number of nitrogens with zero attached hydrogens (tertiary/aromatic N) is 3. The summed E-state index contributed by atoms with van der Waals surface area (Å²) in [6.45, 7) is 4.01. The molecule has 2 N–H and O–H groups in total. The lowest BCUT2D eigenvalue weighted by Gasteiger charge is -2.29. The van der Waals surface area contributed by atoms with Crippen molar-refractivity contribution < 1.29 is 9.53 Å². The van der Waals surface area contributed by atoms with Crippen LogP contribution in [0, 0.1) is 0 Å². The van der Waals surface area contributed by atoms with Gasteiger partial charge in [0, 0.05) is 16.5 Å². The van der Waals surface area contributed by atoms with Crippen molar-refractivity contribution in [3.8, 4) is 5.75 Å². The molecule has 0 radical (unpaired) electrons. The first kappa shape index (κ1) is 25.9. The number of carbonyl (C=O) groups is 1. The lowest BCUT2D eigenvalue weighted by Crippen LogP contribution is -2.31. The number of carbonyl (C=O) groups excluding carboxylic acids is 1. The van der Waals surface area contributed by atoms with Crippen LogP contribution >= 0.6 is 23.4 Å². The molecule has 0 saturated heterocycles. The minimum Gasteiger partial charge on any atom is -0.495 e.